The van der Waals surface area contributed by atoms with Crippen molar-refractivity contribution in [1.29, 1.82) is 0 Å². The number of ether oxygens (including phenoxy) is 1. The van der Waals surface area contributed by atoms with Crippen LogP contribution in [0.5, 0.6) is 5.75 Å². The topological polar surface area (TPSA) is 66.8 Å². The fourth-order valence-corrected chi connectivity index (χ4v) is 3.93. The van der Waals surface area contributed by atoms with E-state index in [0.29, 0.717) is 13.1 Å². The number of fused-ring (bicyclic) bond motifs is 1. The van der Waals surface area contributed by atoms with E-state index in [1.165, 1.54) is 6.92 Å². The summed E-state index contributed by atoms with van der Waals surface area (Å²) in [7, 11) is 1.67. The summed E-state index contributed by atoms with van der Waals surface area (Å²) in [4.78, 5) is 28.5. The highest BCUT2D eigenvalue weighted by Crippen LogP contribution is 2.25. The molecular weight excluding hydrogens is 380 g/mol. The minimum atomic E-state index is -0.111. The number of carbonyl (C=O) groups excluding carboxylic acids is 2. The molecule has 2 heterocycles. The van der Waals surface area contributed by atoms with Crippen LogP contribution in [-0.2, 0) is 16.1 Å². The van der Waals surface area contributed by atoms with Crippen LogP contribution >= 0.6 is 0 Å². The molecule has 1 N–H and O–H groups in total. The predicted octanol–water partition coefficient (Wildman–Crippen LogP) is 2.96. The van der Waals surface area contributed by atoms with E-state index in [0.717, 1.165) is 41.1 Å². The average Bonchev–Trinajstić information content (AvgIpc) is 3.17. The van der Waals surface area contributed by atoms with E-state index in [1.54, 1.807) is 7.11 Å². The standard InChI is InChI=1S/C23H26N4O3/c1-17(28)24-21-7-4-8-22-20(21)9-10-27(22)16-23(29)26-13-11-25(12-14-26)18-5-3-6-19(15-18)30-2/h3-10,15H,11-14,16H2,1-2H3,(H,24,28). The molecule has 0 atom stereocenters. The number of piperazine rings is 1. The molecule has 1 fully saturated rings. The number of nitrogens with zero attached hydrogens (tertiary/aromatic N) is 3. The van der Waals surface area contributed by atoms with Crippen molar-refractivity contribution in [3.8, 4) is 5.75 Å². The van der Waals surface area contributed by atoms with E-state index in [9.17, 15) is 9.59 Å². The van der Waals surface area contributed by atoms with Crippen molar-refractivity contribution >= 4 is 34.1 Å². The van der Waals surface area contributed by atoms with Crippen LogP contribution in [0.1, 0.15) is 6.92 Å². The molecule has 0 spiro atoms. The molecule has 3 aromatic rings. The zero-order chi connectivity index (χ0) is 21.1. The van der Waals surface area contributed by atoms with Crippen LogP contribution in [0.25, 0.3) is 10.9 Å². The normalized spacial score (nSPS) is 14.1. The summed E-state index contributed by atoms with van der Waals surface area (Å²) in [6, 6.07) is 15.7. The van der Waals surface area contributed by atoms with Crippen molar-refractivity contribution in [3.63, 3.8) is 0 Å². The van der Waals surface area contributed by atoms with Gasteiger partial charge in [-0.15, -0.1) is 0 Å². The van der Waals surface area contributed by atoms with Crippen LogP contribution < -0.4 is 15.0 Å². The molecule has 2 amide bonds. The van der Waals surface area contributed by atoms with Gasteiger partial charge in [0.15, 0.2) is 0 Å². The molecule has 30 heavy (non-hydrogen) atoms. The lowest BCUT2D eigenvalue weighted by Crippen LogP contribution is -2.49. The second-order valence-corrected chi connectivity index (χ2v) is 7.43. The number of carbonyl (C=O) groups is 2. The molecule has 0 radical (unpaired) electrons. The Morgan fingerprint density at radius 2 is 1.80 bits per heavy atom. The van der Waals surface area contributed by atoms with Gasteiger partial charge in [-0.25, -0.2) is 0 Å². The molecule has 1 aliphatic heterocycles. The minimum absolute atomic E-state index is 0.0997. The number of nitrogens with one attached hydrogen (secondary N) is 1. The lowest BCUT2D eigenvalue weighted by Gasteiger charge is -2.36. The Bertz CT molecular complexity index is 1070. The highest BCUT2D eigenvalue weighted by Gasteiger charge is 2.22. The Kier molecular flexibility index (Phi) is 5.61. The Hall–Kier alpha value is -3.48. The smallest absolute Gasteiger partial charge is 0.242 e. The first-order valence-corrected chi connectivity index (χ1v) is 10.1. The molecule has 0 bridgehead atoms. The summed E-state index contributed by atoms with van der Waals surface area (Å²) in [5.74, 6) is 0.826. The maximum Gasteiger partial charge on any atom is 0.242 e. The highest BCUT2D eigenvalue weighted by molar-refractivity contribution is 6.01. The summed E-state index contributed by atoms with van der Waals surface area (Å²) >= 11 is 0. The number of amides is 2. The van der Waals surface area contributed by atoms with Gasteiger partial charge >= 0.3 is 0 Å². The maximum absolute atomic E-state index is 12.9. The van der Waals surface area contributed by atoms with Crippen molar-refractivity contribution in [1.82, 2.24) is 9.47 Å². The van der Waals surface area contributed by atoms with Gasteiger partial charge in [0, 0.05) is 56.4 Å². The molecule has 2 aromatic carbocycles. The van der Waals surface area contributed by atoms with Gasteiger partial charge in [-0.3, -0.25) is 9.59 Å². The minimum Gasteiger partial charge on any atom is -0.497 e. The van der Waals surface area contributed by atoms with E-state index in [1.807, 2.05) is 58.1 Å². The molecule has 0 unspecified atom stereocenters. The Morgan fingerprint density at radius 1 is 1.03 bits per heavy atom. The molecule has 0 aliphatic carbocycles. The van der Waals surface area contributed by atoms with Gasteiger partial charge in [-0.05, 0) is 30.3 Å². The summed E-state index contributed by atoms with van der Waals surface area (Å²) in [5, 5.41) is 3.78. The molecule has 7 nitrogen and oxygen atoms in total. The zero-order valence-electron chi connectivity index (χ0n) is 17.3. The molecule has 7 heteroatoms. The second kappa shape index (κ2) is 8.49. The monoisotopic (exact) mass is 406 g/mol. The first-order chi connectivity index (χ1) is 14.5. The lowest BCUT2D eigenvalue weighted by molar-refractivity contribution is -0.132. The van der Waals surface area contributed by atoms with Crippen LogP contribution in [0, 0.1) is 0 Å². The molecule has 4 rings (SSSR count). The van der Waals surface area contributed by atoms with Gasteiger partial charge in [0.05, 0.1) is 18.3 Å². The van der Waals surface area contributed by atoms with Gasteiger partial charge in [0.25, 0.3) is 0 Å². The molecule has 0 saturated carbocycles. The molecule has 1 aliphatic rings. The fraction of sp³-hybridized carbons (Fsp3) is 0.304. The summed E-state index contributed by atoms with van der Waals surface area (Å²) in [6.45, 7) is 4.73. The number of aromatic nitrogens is 1. The first kappa shape index (κ1) is 19.8. The Balaban J connectivity index is 1.41. The van der Waals surface area contributed by atoms with E-state index in [-0.39, 0.29) is 18.4 Å². The number of hydrogen-bond acceptors (Lipinski definition) is 4. The number of rotatable bonds is 5. The average molecular weight is 406 g/mol. The largest absolute Gasteiger partial charge is 0.497 e. The van der Waals surface area contributed by atoms with E-state index < -0.39 is 0 Å². The predicted molar refractivity (Wildman–Crippen MR) is 118 cm³/mol. The van der Waals surface area contributed by atoms with Crippen LogP contribution in [0.3, 0.4) is 0 Å². The van der Waals surface area contributed by atoms with Gasteiger partial charge in [0.1, 0.15) is 12.3 Å². The van der Waals surface area contributed by atoms with Crippen LogP contribution in [0.4, 0.5) is 11.4 Å². The van der Waals surface area contributed by atoms with Gasteiger partial charge in [-0.2, -0.15) is 0 Å². The van der Waals surface area contributed by atoms with Gasteiger partial charge < -0.3 is 24.4 Å². The highest BCUT2D eigenvalue weighted by atomic mass is 16.5. The van der Waals surface area contributed by atoms with Crippen molar-refractivity contribution in [2.45, 2.75) is 13.5 Å². The lowest BCUT2D eigenvalue weighted by atomic mass is 10.2. The zero-order valence-corrected chi connectivity index (χ0v) is 17.3. The summed E-state index contributed by atoms with van der Waals surface area (Å²) in [5.41, 5.74) is 2.81. The van der Waals surface area contributed by atoms with Crippen molar-refractivity contribution in [2.75, 3.05) is 43.5 Å². The van der Waals surface area contributed by atoms with Crippen molar-refractivity contribution < 1.29 is 14.3 Å². The van der Waals surface area contributed by atoms with Crippen molar-refractivity contribution in [3.05, 3.63) is 54.7 Å². The number of benzene rings is 2. The van der Waals surface area contributed by atoms with Gasteiger partial charge in [-0.1, -0.05) is 12.1 Å². The van der Waals surface area contributed by atoms with Gasteiger partial charge in [0.2, 0.25) is 11.8 Å². The summed E-state index contributed by atoms with van der Waals surface area (Å²) < 4.78 is 7.25. The Labute approximate surface area is 175 Å². The molecular formula is C23H26N4O3. The van der Waals surface area contributed by atoms with Crippen LogP contribution in [0.2, 0.25) is 0 Å². The third-order valence-electron chi connectivity index (χ3n) is 5.48. The van der Waals surface area contributed by atoms with Crippen LogP contribution in [0.15, 0.2) is 54.7 Å². The van der Waals surface area contributed by atoms with Crippen LogP contribution in [-0.4, -0.2) is 54.6 Å². The third kappa shape index (κ3) is 4.10. The Morgan fingerprint density at radius 3 is 2.53 bits per heavy atom. The fourth-order valence-electron chi connectivity index (χ4n) is 3.93. The molecule has 1 aromatic heterocycles. The summed E-state index contributed by atoms with van der Waals surface area (Å²) in [6.07, 6.45) is 1.90. The van der Waals surface area contributed by atoms with E-state index in [2.05, 4.69) is 16.3 Å². The van der Waals surface area contributed by atoms with E-state index >= 15 is 0 Å². The maximum atomic E-state index is 12.9. The number of anilines is 2. The third-order valence-corrected chi connectivity index (χ3v) is 5.48. The number of methoxy groups -OCH3 is 1. The first-order valence-electron chi connectivity index (χ1n) is 10.1. The van der Waals surface area contributed by atoms with Crippen molar-refractivity contribution in [2.24, 2.45) is 0 Å². The van der Waals surface area contributed by atoms with E-state index in [4.69, 9.17) is 4.74 Å². The molecule has 1 saturated heterocycles. The second-order valence-electron chi connectivity index (χ2n) is 7.43. The quantitative estimate of drug-likeness (QED) is 0.708. The molecule has 156 valence electrons. The SMILES string of the molecule is COc1cccc(N2CCN(C(=O)Cn3ccc4c(NC(C)=O)cccc43)CC2)c1. The number of hydrogen-bond donors (Lipinski definition) is 1.